The molecule has 4 heterocycles. The van der Waals surface area contributed by atoms with E-state index in [9.17, 15) is 9.00 Å². The number of nitrogen functional groups attached to an aromatic ring is 1. The molecule has 2 atom stereocenters. The lowest BCUT2D eigenvalue weighted by molar-refractivity contribution is 0.0518. The molecule has 1 saturated heterocycles. The lowest BCUT2D eigenvalue weighted by Gasteiger charge is -2.46. The summed E-state index contributed by atoms with van der Waals surface area (Å²) in [7, 11) is -1.18. The van der Waals surface area contributed by atoms with E-state index in [1.165, 1.54) is 28.5 Å². The van der Waals surface area contributed by atoms with Gasteiger partial charge in [0.15, 0.2) is 11.5 Å². The van der Waals surface area contributed by atoms with E-state index in [0.717, 1.165) is 35.4 Å². The van der Waals surface area contributed by atoms with Gasteiger partial charge in [-0.15, -0.1) is 0 Å². The molecule has 0 bridgehead atoms. The third-order valence-electron chi connectivity index (χ3n) is 8.91. The minimum absolute atomic E-state index is 0.0394. The van der Waals surface area contributed by atoms with Crippen LogP contribution < -0.4 is 15.4 Å². The standard InChI is InChI=1S/C30H36N6O3S2/c1-6-39-28(37)23-26(33-18(3)27(34-23)40-21-10-13-32-25(31)17(21)2)36-14-11-30(12-15-36)16-19-8-7-9-20-22(19)24(30)35-41(38)29(20,4)5/h7-10,13,24,35H,6,11-12,14-16H2,1-5H3,(H2,31,32)/t24-,41+/m1/s1. The predicted molar refractivity (Wildman–Crippen MR) is 161 cm³/mol. The van der Waals surface area contributed by atoms with Crippen LogP contribution in [0.4, 0.5) is 11.6 Å². The second-order valence-electron chi connectivity index (χ2n) is 11.7. The number of hydrogen-bond acceptors (Lipinski definition) is 9. The number of aromatic nitrogens is 3. The number of esters is 1. The summed E-state index contributed by atoms with van der Waals surface area (Å²) in [6.45, 7) is 11.4. The summed E-state index contributed by atoms with van der Waals surface area (Å²) in [6.07, 6.45) is 4.38. The minimum Gasteiger partial charge on any atom is -0.461 e. The van der Waals surface area contributed by atoms with Gasteiger partial charge in [-0.2, -0.15) is 0 Å². The summed E-state index contributed by atoms with van der Waals surface area (Å²) < 4.78 is 21.8. The SMILES string of the molecule is CCOC(=O)c1nc(Sc2ccnc(N)c2C)c(C)nc1N1CCC2(CC1)Cc1cccc3c1[C@H]2N[S@@](=O)C3(C)C. The van der Waals surface area contributed by atoms with E-state index in [4.69, 9.17) is 20.4 Å². The van der Waals surface area contributed by atoms with Gasteiger partial charge in [0, 0.05) is 29.7 Å². The number of nitrogens with one attached hydrogen (secondary N) is 1. The van der Waals surface area contributed by atoms with Crippen LogP contribution in [0.2, 0.25) is 0 Å². The number of hydrogen-bond donors (Lipinski definition) is 2. The van der Waals surface area contributed by atoms with Crippen molar-refractivity contribution in [2.75, 3.05) is 30.3 Å². The van der Waals surface area contributed by atoms with Gasteiger partial charge in [0.05, 0.1) is 23.1 Å². The van der Waals surface area contributed by atoms with Crippen LogP contribution >= 0.6 is 11.8 Å². The molecule has 3 aromatic rings. The topological polar surface area (TPSA) is 123 Å². The Morgan fingerprint density at radius 1 is 1.22 bits per heavy atom. The zero-order chi connectivity index (χ0) is 29.1. The fourth-order valence-corrected chi connectivity index (χ4v) is 8.66. The summed E-state index contributed by atoms with van der Waals surface area (Å²) >= 11 is 1.42. The first-order valence-electron chi connectivity index (χ1n) is 14.1. The van der Waals surface area contributed by atoms with Crippen LogP contribution in [0.3, 0.4) is 0 Å². The molecule has 0 unspecified atom stereocenters. The van der Waals surface area contributed by atoms with Gasteiger partial charge in [-0.3, -0.25) is 0 Å². The van der Waals surface area contributed by atoms with Crippen molar-refractivity contribution in [2.24, 2.45) is 5.41 Å². The van der Waals surface area contributed by atoms with Gasteiger partial charge in [-0.05, 0) is 82.1 Å². The van der Waals surface area contributed by atoms with Crippen LogP contribution in [0.1, 0.15) is 78.1 Å². The van der Waals surface area contributed by atoms with E-state index in [0.29, 0.717) is 29.8 Å². The number of nitrogens with two attached hydrogens (primary N) is 1. The Balaban J connectivity index is 1.30. The normalized spacial score (nSPS) is 22.0. The Morgan fingerprint density at radius 2 is 1.98 bits per heavy atom. The number of carbonyl (C=O) groups excluding carboxylic acids is 1. The summed E-state index contributed by atoms with van der Waals surface area (Å²) in [5.74, 6) is 0.544. The van der Waals surface area contributed by atoms with Crippen molar-refractivity contribution in [3.05, 3.63) is 64.1 Å². The van der Waals surface area contributed by atoms with Crippen LogP contribution in [0.5, 0.6) is 0 Å². The number of benzene rings is 1. The van der Waals surface area contributed by atoms with Gasteiger partial charge < -0.3 is 15.4 Å². The fourth-order valence-electron chi connectivity index (χ4n) is 6.48. The molecule has 1 fully saturated rings. The lowest BCUT2D eigenvalue weighted by atomic mass is 9.72. The maximum absolute atomic E-state index is 13.3. The zero-order valence-corrected chi connectivity index (χ0v) is 25.7. The first-order chi connectivity index (χ1) is 19.6. The number of fused-ring (bicyclic) bond motifs is 1. The maximum atomic E-state index is 13.3. The second kappa shape index (κ2) is 10.4. The van der Waals surface area contributed by atoms with Crippen molar-refractivity contribution in [2.45, 2.75) is 74.6 Å². The Labute approximate surface area is 247 Å². The molecule has 6 rings (SSSR count). The van der Waals surface area contributed by atoms with Crippen molar-refractivity contribution >= 4 is 40.4 Å². The number of pyridine rings is 1. The van der Waals surface area contributed by atoms with E-state index in [1.807, 2.05) is 19.9 Å². The van der Waals surface area contributed by atoms with E-state index in [1.54, 1.807) is 13.1 Å². The molecule has 0 saturated carbocycles. The van der Waals surface area contributed by atoms with Gasteiger partial charge in [0.25, 0.3) is 0 Å². The summed E-state index contributed by atoms with van der Waals surface area (Å²) in [5.41, 5.74) is 11.7. The van der Waals surface area contributed by atoms with Crippen molar-refractivity contribution in [3.63, 3.8) is 0 Å². The molecule has 1 aromatic carbocycles. The van der Waals surface area contributed by atoms with Gasteiger partial charge in [0.1, 0.15) is 21.8 Å². The average molecular weight is 593 g/mol. The van der Waals surface area contributed by atoms with E-state index < -0.39 is 21.7 Å². The van der Waals surface area contributed by atoms with E-state index in [-0.39, 0.29) is 23.8 Å². The van der Waals surface area contributed by atoms with Gasteiger partial charge in [0.2, 0.25) is 0 Å². The number of piperidine rings is 1. The van der Waals surface area contributed by atoms with Gasteiger partial charge in [-0.1, -0.05) is 30.0 Å². The second-order valence-corrected chi connectivity index (χ2v) is 14.5. The highest BCUT2D eigenvalue weighted by Crippen LogP contribution is 2.57. The highest BCUT2D eigenvalue weighted by Gasteiger charge is 2.54. The molecule has 0 radical (unpaired) electrons. The summed E-state index contributed by atoms with van der Waals surface area (Å²) in [5, 5.41) is 0.634. The number of aryl methyl sites for hydroxylation is 1. The molecule has 3 aliphatic rings. The summed E-state index contributed by atoms with van der Waals surface area (Å²) in [4.78, 5) is 30.1. The van der Waals surface area contributed by atoms with E-state index in [2.05, 4.69) is 46.7 Å². The van der Waals surface area contributed by atoms with Crippen molar-refractivity contribution in [1.29, 1.82) is 0 Å². The highest BCUT2D eigenvalue weighted by molar-refractivity contribution is 7.99. The molecule has 1 aliphatic carbocycles. The van der Waals surface area contributed by atoms with E-state index >= 15 is 0 Å². The molecule has 1 spiro atoms. The van der Waals surface area contributed by atoms with Crippen LogP contribution in [-0.2, 0) is 26.9 Å². The first kappa shape index (κ1) is 28.1. The number of carbonyl (C=O) groups is 1. The van der Waals surface area contributed by atoms with Crippen LogP contribution in [-0.4, -0.2) is 44.8 Å². The zero-order valence-electron chi connectivity index (χ0n) is 24.1. The number of nitrogens with zero attached hydrogens (tertiary/aromatic N) is 4. The molecule has 2 aromatic heterocycles. The smallest absolute Gasteiger partial charge is 0.360 e. The van der Waals surface area contributed by atoms with Crippen molar-refractivity contribution in [1.82, 2.24) is 19.7 Å². The molecular formula is C30H36N6O3S2. The Bertz CT molecular complexity index is 1570. The Kier molecular flexibility index (Phi) is 7.10. The molecule has 3 N–H and O–H groups in total. The number of anilines is 2. The van der Waals surface area contributed by atoms with Crippen molar-refractivity contribution in [3.8, 4) is 0 Å². The highest BCUT2D eigenvalue weighted by atomic mass is 32.2. The molecule has 41 heavy (non-hydrogen) atoms. The van der Waals surface area contributed by atoms with Crippen LogP contribution in [0.25, 0.3) is 0 Å². The van der Waals surface area contributed by atoms with Crippen LogP contribution in [0, 0.1) is 19.3 Å². The third kappa shape index (κ3) is 4.62. The fraction of sp³-hybridized carbons (Fsp3) is 0.467. The first-order valence-corrected chi connectivity index (χ1v) is 16.0. The molecule has 11 heteroatoms. The maximum Gasteiger partial charge on any atom is 0.360 e. The molecule has 9 nitrogen and oxygen atoms in total. The monoisotopic (exact) mass is 592 g/mol. The molecule has 216 valence electrons. The van der Waals surface area contributed by atoms with Gasteiger partial charge >= 0.3 is 5.97 Å². The van der Waals surface area contributed by atoms with Gasteiger partial charge in [-0.25, -0.2) is 28.7 Å². The molecule has 2 aliphatic heterocycles. The predicted octanol–water partition coefficient (Wildman–Crippen LogP) is 4.78. The summed E-state index contributed by atoms with van der Waals surface area (Å²) in [6, 6.07) is 8.41. The molecular weight excluding hydrogens is 557 g/mol. The minimum atomic E-state index is -1.18. The van der Waals surface area contributed by atoms with Crippen molar-refractivity contribution < 1.29 is 13.7 Å². The largest absolute Gasteiger partial charge is 0.461 e. The van der Waals surface area contributed by atoms with Crippen LogP contribution in [0.15, 0.2) is 40.4 Å². The Morgan fingerprint density at radius 3 is 2.71 bits per heavy atom. The number of rotatable bonds is 5. The Hall–Kier alpha value is -3.02. The number of ether oxygens (including phenoxy) is 1. The molecule has 0 amide bonds. The lowest BCUT2D eigenvalue weighted by Crippen LogP contribution is -2.50. The average Bonchev–Trinajstić information content (AvgIpc) is 3.24. The third-order valence-corrected chi connectivity index (χ3v) is 11.8. The quantitative estimate of drug-likeness (QED) is 0.403.